The van der Waals surface area contributed by atoms with Gasteiger partial charge in [-0.2, -0.15) is 10.0 Å². The van der Waals surface area contributed by atoms with Gasteiger partial charge >= 0.3 is 0 Å². The molecule has 128 valence electrons. The van der Waals surface area contributed by atoms with Gasteiger partial charge in [0, 0.05) is 18.3 Å². The molecule has 2 saturated heterocycles. The Bertz CT molecular complexity index is 641. The van der Waals surface area contributed by atoms with Gasteiger partial charge in [-0.25, -0.2) is 0 Å². The van der Waals surface area contributed by atoms with E-state index in [1.807, 2.05) is 0 Å². The summed E-state index contributed by atoms with van der Waals surface area (Å²) in [5.41, 5.74) is 0. The van der Waals surface area contributed by atoms with Crippen LogP contribution in [0.15, 0.2) is 70.5 Å². The van der Waals surface area contributed by atoms with Crippen LogP contribution in [-0.2, 0) is 4.52 Å². The van der Waals surface area contributed by atoms with Crippen molar-refractivity contribution < 1.29 is 4.52 Å². The Kier molecular flexibility index (Phi) is 4.70. The zero-order valence-electron chi connectivity index (χ0n) is 14.5. The van der Waals surface area contributed by atoms with Crippen molar-refractivity contribution in [2.24, 2.45) is 0 Å². The maximum absolute atomic E-state index is 6.48. The Labute approximate surface area is 148 Å². The third kappa shape index (κ3) is 2.93. The maximum Gasteiger partial charge on any atom is 0.101 e. The zero-order valence-corrected chi connectivity index (χ0v) is 16.2. The molecule has 0 aromatic heterocycles. The van der Waals surface area contributed by atoms with E-state index in [2.05, 4.69) is 78.3 Å². The highest BCUT2D eigenvalue weighted by molar-refractivity contribution is 8.33. The summed E-state index contributed by atoms with van der Waals surface area (Å²) in [6.07, 6.45) is 5.48. The highest BCUT2D eigenvalue weighted by atomic mass is 32.3. The number of benzene rings is 2. The quantitative estimate of drug-likeness (QED) is 0.683. The molecule has 2 nitrogen and oxygen atoms in total. The summed E-state index contributed by atoms with van der Waals surface area (Å²) in [5.74, 6) is 1.13. The Morgan fingerprint density at radius 1 is 1.04 bits per heavy atom. The van der Waals surface area contributed by atoms with E-state index in [1.165, 1.54) is 29.2 Å². The number of hydrogen-bond acceptors (Lipinski definition) is 2. The van der Waals surface area contributed by atoms with Crippen molar-refractivity contribution >= 4 is 18.3 Å². The van der Waals surface area contributed by atoms with Gasteiger partial charge in [0.25, 0.3) is 0 Å². The Morgan fingerprint density at radius 3 is 2.21 bits per heavy atom. The Hall–Kier alpha value is -0.860. The first-order valence-corrected chi connectivity index (χ1v) is 12.6. The van der Waals surface area contributed by atoms with Crippen molar-refractivity contribution in [3.8, 4) is 0 Å². The van der Waals surface area contributed by atoms with Crippen LogP contribution in [0.2, 0.25) is 0 Å². The summed E-state index contributed by atoms with van der Waals surface area (Å²) < 4.78 is 9.11. The van der Waals surface area contributed by atoms with Crippen LogP contribution in [0.25, 0.3) is 0 Å². The van der Waals surface area contributed by atoms with E-state index in [9.17, 15) is 0 Å². The van der Waals surface area contributed by atoms with E-state index in [0.717, 1.165) is 5.75 Å². The van der Waals surface area contributed by atoms with E-state index < -0.39 is 10.0 Å². The van der Waals surface area contributed by atoms with Crippen LogP contribution in [0.3, 0.4) is 0 Å². The fourth-order valence-corrected chi connectivity index (χ4v) is 9.13. The van der Waals surface area contributed by atoms with Crippen molar-refractivity contribution in [3.05, 3.63) is 60.7 Å². The van der Waals surface area contributed by atoms with Crippen molar-refractivity contribution in [2.75, 3.05) is 25.2 Å². The molecule has 2 aliphatic heterocycles. The molecular formula is C20H26NOPS. The molecule has 0 amide bonds. The monoisotopic (exact) mass is 359 g/mol. The molecule has 24 heavy (non-hydrogen) atoms. The number of fused-ring (bicyclic) bond motifs is 1. The van der Waals surface area contributed by atoms with Gasteiger partial charge in [-0.05, 0) is 59.8 Å². The van der Waals surface area contributed by atoms with Crippen molar-refractivity contribution in [2.45, 2.75) is 34.8 Å². The second-order valence-electron chi connectivity index (χ2n) is 6.86. The van der Waals surface area contributed by atoms with Crippen LogP contribution in [0.1, 0.15) is 12.8 Å². The van der Waals surface area contributed by atoms with Gasteiger partial charge in [0.2, 0.25) is 0 Å². The molecule has 2 heterocycles. The van der Waals surface area contributed by atoms with Crippen LogP contribution in [-0.4, -0.2) is 42.0 Å². The minimum Gasteiger partial charge on any atom is -0.338 e. The van der Waals surface area contributed by atoms with Crippen molar-refractivity contribution in [1.82, 2.24) is 4.67 Å². The van der Waals surface area contributed by atoms with E-state index in [0.29, 0.717) is 12.1 Å². The molecule has 0 N–H and O–H groups in total. The molecule has 0 radical (unpaired) electrons. The Morgan fingerprint density at radius 2 is 1.62 bits per heavy atom. The molecule has 2 aromatic carbocycles. The van der Waals surface area contributed by atoms with Gasteiger partial charge in [0.1, 0.15) is 8.30 Å². The second kappa shape index (κ2) is 6.80. The summed E-state index contributed by atoms with van der Waals surface area (Å²) in [6.45, 7) is 3.51. The average molecular weight is 359 g/mol. The molecule has 4 rings (SSSR count). The van der Waals surface area contributed by atoms with E-state index in [4.69, 9.17) is 4.52 Å². The molecule has 3 atom stereocenters. The van der Waals surface area contributed by atoms with Crippen molar-refractivity contribution in [3.63, 3.8) is 0 Å². The fourth-order valence-electron chi connectivity index (χ4n) is 4.07. The lowest BCUT2D eigenvalue weighted by atomic mass is 10.1. The zero-order chi connectivity index (χ0) is 16.6. The van der Waals surface area contributed by atoms with Gasteiger partial charge < -0.3 is 4.52 Å². The lowest BCUT2D eigenvalue weighted by molar-refractivity contribution is 0.236. The molecule has 4 heteroatoms. The summed E-state index contributed by atoms with van der Waals surface area (Å²) in [5, 5.41) is 0. The molecular weight excluding hydrogens is 333 g/mol. The van der Waals surface area contributed by atoms with Gasteiger partial charge in [0.05, 0.1) is 6.10 Å². The van der Waals surface area contributed by atoms with Gasteiger partial charge in [-0.15, -0.1) is 0 Å². The van der Waals surface area contributed by atoms with E-state index in [-0.39, 0.29) is 8.30 Å². The summed E-state index contributed by atoms with van der Waals surface area (Å²) in [4.78, 5) is 2.94. The molecule has 2 fully saturated rings. The second-order valence-corrected chi connectivity index (χ2v) is 12.0. The maximum atomic E-state index is 6.48. The summed E-state index contributed by atoms with van der Waals surface area (Å²) in [6, 6.07) is 22.8. The number of rotatable bonds is 4. The fraction of sp³-hybridized carbons (Fsp3) is 0.400. The van der Waals surface area contributed by atoms with Crippen LogP contribution >= 0.6 is 18.3 Å². The first-order valence-electron chi connectivity index (χ1n) is 8.72. The molecule has 0 bridgehead atoms. The standard InChI is InChI=1S/C20H26NOPS/c1-23-21-15-9-14-19(21)20(22-23)16-24(2,17-10-5-3-6-11-17)18-12-7-4-8-13-18/h3-8,10-13,19-20H,9,14-16H2,1-2H3/t19-,20+,23?/m0/s1. The predicted octanol–water partition coefficient (Wildman–Crippen LogP) is 5.34. The normalized spacial score (nSPS) is 28.0. The topological polar surface area (TPSA) is 12.5 Å². The minimum atomic E-state index is -1.08. The van der Waals surface area contributed by atoms with Gasteiger partial charge in [-0.1, -0.05) is 36.4 Å². The minimum absolute atomic E-state index is 0.379. The average Bonchev–Trinajstić information content (AvgIpc) is 3.22. The lowest BCUT2D eigenvalue weighted by Crippen LogP contribution is -2.32. The molecule has 0 spiro atoms. The number of nitrogens with zero attached hydrogens (tertiary/aromatic N) is 1. The third-order valence-electron chi connectivity index (χ3n) is 5.37. The molecule has 2 aliphatic rings. The molecule has 0 saturated carbocycles. The van der Waals surface area contributed by atoms with Crippen LogP contribution in [0, 0.1) is 0 Å². The smallest absolute Gasteiger partial charge is 0.101 e. The largest absolute Gasteiger partial charge is 0.338 e. The first-order chi connectivity index (χ1) is 11.7. The molecule has 1 unspecified atom stereocenters. The molecule has 2 aromatic rings. The van der Waals surface area contributed by atoms with Gasteiger partial charge in [-0.3, -0.25) is 4.67 Å². The lowest BCUT2D eigenvalue weighted by Gasteiger charge is -2.39. The SMILES string of the molecule is CP1O[C@H](CS(C)(c2ccccc2)c2ccccc2)[C@@H]2CCCN21. The van der Waals surface area contributed by atoms with Crippen LogP contribution in [0.5, 0.6) is 0 Å². The highest BCUT2D eigenvalue weighted by Crippen LogP contribution is 2.63. The van der Waals surface area contributed by atoms with Crippen LogP contribution < -0.4 is 0 Å². The number of hydrogen-bond donors (Lipinski definition) is 0. The van der Waals surface area contributed by atoms with Crippen molar-refractivity contribution in [1.29, 1.82) is 0 Å². The van der Waals surface area contributed by atoms with Crippen LogP contribution in [0.4, 0.5) is 0 Å². The first kappa shape index (κ1) is 16.6. The molecule has 0 aliphatic carbocycles. The third-order valence-corrected chi connectivity index (χ3v) is 10.8. The Balaban J connectivity index is 1.69. The van der Waals surface area contributed by atoms with E-state index >= 15 is 0 Å². The summed E-state index contributed by atoms with van der Waals surface area (Å²) in [7, 11) is -1.47. The van der Waals surface area contributed by atoms with Gasteiger partial charge in [0.15, 0.2) is 0 Å². The highest BCUT2D eigenvalue weighted by Gasteiger charge is 2.45. The summed E-state index contributed by atoms with van der Waals surface area (Å²) >= 11 is 0. The predicted molar refractivity (Wildman–Crippen MR) is 105 cm³/mol. The van der Waals surface area contributed by atoms with E-state index in [1.54, 1.807) is 0 Å².